The van der Waals surface area contributed by atoms with Crippen LogP contribution in [0.1, 0.15) is 29.0 Å². The van der Waals surface area contributed by atoms with Gasteiger partial charge in [0, 0.05) is 26.2 Å². The minimum atomic E-state index is 0.317. The Morgan fingerprint density at radius 3 is 2.62 bits per heavy atom. The van der Waals surface area contributed by atoms with E-state index in [0.717, 1.165) is 6.54 Å². The van der Waals surface area contributed by atoms with Crippen LogP contribution < -0.4 is 5.73 Å². The van der Waals surface area contributed by atoms with Crippen LogP contribution in [0.5, 0.6) is 0 Å². The van der Waals surface area contributed by atoms with Gasteiger partial charge in [-0.3, -0.25) is 0 Å². The van der Waals surface area contributed by atoms with Gasteiger partial charge in [0.25, 0.3) is 0 Å². The third-order valence-corrected chi connectivity index (χ3v) is 5.18. The standard InChI is InChI=1S/C10H14BrNS/c1-7-5-8(11)9(13-7)10(6-12)3-2-4-10/h5H,2-4,6,12H2,1H3. The molecule has 0 amide bonds. The van der Waals surface area contributed by atoms with E-state index in [0.29, 0.717) is 5.41 Å². The van der Waals surface area contributed by atoms with Crippen molar-refractivity contribution in [2.75, 3.05) is 6.54 Å². The van der Waals surface area contributed by atoms with E-state index < -0.39 is 0 Å². The predicted molar refractivity (Wildman–Crippen MR) is 61.3 cm³/mol. The molecule has 0 aliphatic heterocycles. The molecule has 1 aromatic rings. The number of aryl methyl sites for hydroxylation is 1. The summed E-state index contributed by atoms with van der Waals surface area (Å²) in [7, 11) is 0. The highest BCUT2D eigenvalue weighted by molar-refractivity contribution is 9.10. The molecule has 0 saturated heterocycles. The van der Waals surface area contributed by atoms with Crippen LogP contribution in [0.25, 0.3) is 0 Å². The molecule has 2 N–H and O–H groups in total. The maximum atomic E-state index is 5.86. The van der Waals surface area contributed by atoms with Gasteiger partial charge in [0.2, 0.25) is 0 Å². The van der Waals surface area contributed by atoms with Crippen LogP contribution in [0.2, 0.25) is 0 Å². The summed E-state index contributed by atoms with van der Waals surface area (Å²) in [5, 5.41) is 0. The van der Waals surface area contributed by atoms with E-state index in [1.807, 2.05) is 11.3 Å². The summed E-state index contributed by atoms with van der Waals surface area (Å²) in [5.74, 6) is 0. The van der Waals surface area contributed by atoms with Crippen molar-refractivity contribution < 1.29 is 0 Å². The van der Waals surface area contributed by atoms with Crippen LogP contribution in [-0.2, 0) is 5.41 Å². The summed E-state index contributed by atoms with van der Waals surface area (Å²) in [6, 6.07) is 2.20. The molecule has 0 atom stereocenters. The van der Waals surface area contributed by atoms with E-state index in [1.165, 1.54) is 33.5 Å². The van der Waals surface area contributed by atoms with Crippen molar-refractivity contribution in [2.24, 2.45) is 5.73 Å². The van der Waals surface area contributed by atoms with Gasteiger partial charge in [-0.15, -0.1) is 11.3 Å². The Morgan fingerprint density at radius 1 is 1.62 bits per heavy atom. The normalized spacial score (nSPS) is 19.9. The maximum absolute atomic E-state index is 5.86. The van der Waals surface area contributed by atoms with Crippen molar-refractivity contribution in [3.63, 3.8) is 0 Å². The van der Waals surface area contributed by atoms with Crippen LogP contribution in [0.3, 0.4) is 0 Å². The molecule has 0 aromatic carbocycles. The lowest BCUT2D eigenvalue weighted by molar-refractivity contribution is 0.257. The first-order valence-corrected chi connectivity index (χ1v) is 6.25. The summed E-state index contributed by atoms with van der Waals surface area (Å²) < 4.78 is 1.26. The summed E-state index contributed by atoms with van der Waals surface area (Å²) in [4.78, 5) is 2.85. The highest BCUT2D eigenvalue weighted by atomic mass is 79.9. The Labute approximate surface area is 91.5 Å². The second kappa shape index (κ2) is 3.37. The van der Waals surface area contributed by atoms with Crippen LogP contribution in [0.4, 0.5) is 0 Å². The van der Waals surface area contributed by atoms with E-state index >= 15 is 0 Å². The fourth-order valence-corrected chi connectivity index (χ4v) is 4.29. The second-order valence-corrected chi connectivity index (χ2v) is 5.98. The van der Waals surface area contributed by atoms with E-state index in [-0.39, 0.29) is 0 Å². The van der Waals surface area contributed by atoms with Crippen molar-refractivity contribution in [3.8, 4) is 0 Å². The first-order valence-electron chi connectivity index (χ1n) is 4.64. The smallest absolute Gasteiger partial charge is 0.0323 e. The Balaban J connectivity index is 2.37. The molecular weight excluding hydrogens is 246 g/mol. The molecule has 0 bridgehead atoms. The van der Waals surface area contributed by atoms with Gasteiger partial charge >= 0.3 is 0 Å². The summed E-state index contributed by atoms with van der Waals surface area (Å²) in [6.45, 7) is 2.95. The monoisotopic (exact) mass is 259 g/mol. The molecule has 3 heteroatoms. The van der Waals surface area contributed by atoms with Gasteiger partial charge in [-0.2, -0.15) is 0 Å². The van der Waals surface area contributed by atoms with Gasteiger partial charge < -0.3 is 5.73 Å². The van der Waals surface area contributed by atoms with E-state index in [2.05, 4.69) is 28.9 Å². The molecule has 13 heavy (non-hydrogen) atoms. The van der Waals surface area contributed by atoms with Crippen LogP contribution in [0.15, 0.2) is 10.5 Å². The zero-order valence-corrected chi connectivity index (χ0v) is 10.2. The van der Waals surface area contributed by atoms with Gasteiger partial charge in [-0.1, -0.05) is 6.42 Å². The average molecular weight is 260 g/mol. The zero-order chi connectivity index (χ0) is 9.47. The van der Waals surface area contributed by atoms with Gasteiger partial charge in [-0.25, -0.2) is 0 Å². The third-order valence-electron chi connectivity index (χ3n) is 2.99. The van der Waals surface area contributed by atoms with Crippen molar-refractivity contribution >= 4 is 27.3 Å². The molecule has 1 fully saturated rings. The molecule has 0 unspecified atom stereocenters. The molecule has 1 heterocycles. The van der Waals surface area contributed by atoms with E-state index in [1.54, 1.807) is 0 Å². The first-order chi connectivity index (χ1) is 6.18. The van der Waals surface area contributed by atoms with Crippen molar-refractivity contribution in [3.05, 3.63) is 20.3 Å². The number of halogens is 1. The summed E-state index contributed by atoms with van der Waals surface area (Å²) in [5.41, 5.74) is 6.18. The Kier molecular flexibility index (Phi) is 2.51. The van der Waals surface area contributed by atoms with Crippen LogP contribution in [0, 0.1) is 6.92 Å². The van der Waals surface area contributed by atoms with Gasteiger partial charge in [0.15, 0.2) is 0 Å². The SMILES string of the molecule is Cc1cc(Br)c(C2(CN)CCC2)s1. The van der Waals surface area contributed by atoms with Crippen molar-refractivity contribution in [1.29, 1.82) is 0 Å². The number of rotatable bonds is 2. The molecule has 2 rings (SSSR count). The Morgan fingerprint density at radius 2 is 2.31 bits per heavy atom. The number of hydrogen-bond donors (Lipinski definition) is 1. The molecule has 1 aromatic heterocycles. The fourth-order valence-electron chi connectivity index (χ4n) is 1.97. The molecule has 1 aliphatic carbocycles. The lowest BCUT2D eigenvalue weighted by Gasteiger charge is -2.40. The zero-order valence-electron chi connectivity index (χ0n) is 7.77. The number of thiophene rings is 1. The molecule has 1 saturated carbocycles. The molecule has 72 valence electrons. The predicted octanol–water partition coefficient (Wildman–Crippen LogP) is 3.20. The number of hydrogen-bond acceptors (Lipinski definition) is 2. The highest BCUT2D eigenvalue weighted by Crippen LogP contribution is 2.48. The molecule has 1 aliphatic rings. The van der Waals surface area contributed by atoms with Gasteiger partial charge in [0.05, 0.1) is 0 Å². The summed E-state index contributed by atoms with van der Waals surface area (Å²) >= 11 is 5.52. The Hall–Kier alpha value is 0.140. The number of nitrogens with two attached hydrogens (primary N) is 1. The van der Waals surface area contributed by atoms with Crippen LogP contribution in [-0.4, -0.2) is 6.54 Å². The van der Waals surface area contributed by atoms with Crippen LogP contribution >= 0.6 is 27.3 Å². The van der Waals surface area contributed by atoms with E-state index in [4.69, 9.17) is 5.73 Å². The quantitative estimate of drug-likeness (QED) is 0.868. The minimum Gasteiger partial charge on any atom is -0.330 e. The molecule has 1 nitrogen and oxygen atoms in total. The minimum absolute atomic E-state index is 0.317. The average Bonchev–Trinajstić information content (AvgIpc) is 2.30. The lowest BCUT2D eigenvalue weighted by atomic mass is 9.68. The topological polar surface area (TPSA) is 26.0 Å². The lowest BCUT2D eigenvalue weighted by Crippen LogP contribution is -2.41. The molecular formula is C10H14BrNS. The van der Waals surface area contributed by atoms with Crippen molar-refractivity contribution in [1.82, 2.24) is 0 Å². The fraction of sp³-hybridized carbons (Fsp3) is 0.600. The largest absolute Gasteiger partial charge is 0.330 e. The van der Waals surface area contributed by atoms with Gasteiger partial charge in [0.1, 0.15) is 0 Å². The Bertz CT molecular complexity index is 309. The molecule has 0 radical (unpaired) electrons. The second-order valence-electron chi connectivity index (χ2n) is 3.87. The first kappa shape index (κ1) is 9.69. The van der Waals surface area contributed by atoms with Gasteiger partial charge in [-0.05, 0) is 41.8 Å². The third kappa shape index (κ3) is 1.47. The summed E-state index contributed by atoms with van der Waals surface area (Å²) in [6.07, 6.45) is 3.87. The highest BCUT2D eigenvalue weighted by Gasteiger charge is 2.39. The van der Waals surface area contributed by atoms with E-state index in [9.17, 15) is 0 Å². The van der Waals surface area contributed by atoms with Crippen molar-refractivity contribution in [2.45, 2.75) is 31.6 Å². The molecule has 0 spiro atoms. The maximum Gasteiger partial charge on any atom is 0.0323 e.